The first-order valence-corrected chi connectivity index (χ1v) is 11.6. The molecule has 1 saturated heterocycles. The molecule has 0 radical (unpaired) electrons. The minimum Gasteiger partial charge on any atom is -0.496 e. The average Bonchev–Trinajstić information content (AvgIpc) is 2.76. The molecular weight excluding hydrogens is 412 g/mol. The van der Waals surface area contributed by atoms with Crippen molar-refractivity contribution < 1.29 is 14.3 Å². The lowest BCUT2D eigenvalue weighted by Crippen LogP contribution is -2.55. The highest BCUT2D eigenvalue weighted by atomic mass is 32.2. The van der Waals surface area contributed by atoms with Gasteiger partial charge in [0, 0.05) is 37.3 Å². The highest BCUT2D eigenvalue weighted by molar-refractivity contribution is 7.99. The lowest BCUT2D eigenvalue weighted by atomic mass is 10.0. The Morgan fingerprint density at radius 3 is 2.68 bits per heavy atom. The van der Waals surface area contributed by atoms with Crippen molar-refractivity contribution in [3.8, 4) is 5.75 Å². The molecule has 0 bridgehead atoms. The van der Waals surface area contributed by atoms with Crippen LogP contribution in [-0.4, -0.2) is 72.5 Å². The Labute approximate surface area is 188 Å². The van der Waals surface area contributed by atoms with E-state index in [-0.39, 0.29) is 18.1 Å². The summed E-state index contributed by atoms with van der Waals surface area (Å²) < 4.78 is 11.0. The minimum atomic E-state index is -0.122. The Bertz CT molecular complexity index is 859. The Kier molecular flexibility index (Phi) is 8.69. The van der Waals surface area contributed by atoms with Gasteiger partial charge in [-0.05, 0) is 51.4 Å². The highest BCUT2D eigenvalue weighted by Gasteiger charge is 2.30. The van der Waals surface area contributed by atoms with Gasteiger partial charge in [-0.15, -0.1) is 0 Å². The fraction of sp³-hybridized carbons (Fsp3) is 0.522. The maximum absolute atomic E-state index is 12.8. The largest absolute Gasteiger partial charge is 0.496 e. The van der Waals surface area contributed by atoms with Crippen molar-refractivity contribution in [1.82, 2.24) is 20.2 Å². The molecule has 2 aromatic rings. The van der Waals surface area contributed by atoms with Gasteiger partial charge in [-0.25, -0.2) is 9.97 Å². The summed E-state index contributed by atoms with van der Waals surface area (Å²) in [6, 6.07) is 9.25. The van der Waals surface area contributed by atoms with Crippen molar-refractivity contribution in [2.24, 2.45) is 0 Å². The maximum Gasteiger partial charge on any atom is 0.255 e. The zero-order chi connectivity index (χ0) is 22.2. The summed E-state index contributed by atoms with van der Waals surface area (Å²) >= 11 is 1.70. The standard InChI is InChI=1S/C23H32N4O3S/c1-16-14-17(2)25-23(24-16)31-13-7-11-27-12-10-19(21(15-27)30-4)26-22(28)18-8-5-6-9-20(18)29-3/h5-6,8-9,14,19,21H,7,10-13,15H2,1-4H3,(H,26,28). The predicted octanol–water partition coefficient (Wildman–Crippen LogP) is 3.10. The molecule has 0 spiro atoms. The molecule has 31 heavy (non-hydrogen) atoms. The normalized spacial score (nSPS) is 19.2. The predicted molar refractivity (Wildman–Crippen MR) is 123 cm³/mol. The number of amides is 1. The fourth-order valence-electron chi connectivity index (χ4n) is 3.88. The molecule has 1 aromatic heterocycles. The molecule has 1 aromatic carbocycles. The Balaban J connectivity index is 1.46. The summed E-state index contributed by atoms with van der Waals surface area (Å²) in [5.41, 5.74) is 2.57. The van der Waals surface area contributed by atoms with E-state index in [0.29, 0.717) is 11.3 Å². The van der Waals surface area contributed by atoms with Crippen LogP contribution in [0, 0.1) is 13.8 Å². The van der Waals surface area contributed by atoms with Crippen LogP contribution in [0.15, 0.2) is 35.5 Å². The Morgan fingerprint density at radius 1 is 1.23 bits per heavy atom. The third kappa shape index (κ3) is 6.66. The van der Waals surface area contributed by atoms with E-state index >= 15 is 0 Å². The van der Waals surface area contributed by atoms with Crippen LogP contribution in [0.3, 0.4) is 0 Å². The monoisotopic (exact) mass is 444 g/mol. The number of nitrogens with zero attached hydrogens (tertiary/aromatic N) is 3. The highest BCUT2D eigenvalue weighted by Crippen LogP contribution is 2.20. The molecule has 8 heteroatoms. The summed E-state index contributed by atoms with van der Waals surface area (Å²) in [5, 5.41) is 3.99. The van der Waals surface area contributed by atoms with E-state index in [0.717, 1.165) is 54.8 Å². The number of ether oxygens (including phenoxy) is 2. The maximum atomic E-state index is 12.8. The molecule has 2 atom stereocenters. The van der Waals surface area contributed by atoms with E-state index in [9.17, 15) is 4.79 Å². The molecular formula is C23H32N4O3S. The lowest BCUT2D eigenvalue weighted by molar-refractivity contribution is 0.00655. The second-order valence-corrected chi connectivity index (χ2v) is 8.84. The van der Waals surface area contributed by atoms with Crippen LogP contribution >= 0.6 is 11.8 Å². The molecule has 1 aliphatic heterocycles. The van der Waals surface area contributed by atoms with Crippen molar-refractivity contribution in [3.63, 3.8) is 0 Å². The number of benzene rings is 1. The SMILES string of the molecule is COc1ccccc1C(=O)NC1CCN(CCCSc2nc(C)cc(C)n2)CC1OC. The number of nitrogens with one attached hydrogen (secondary N) is 1. The smallest absolute Gasteiger partial charge is 0.255 e. The Morgan fingerprint density at radius 2 is 1.97 bits per heavy atom. The van der Waals surface area contributed by atoms with E-state index in [1.54, 1.807) is 38.1 Å². The fourth-order valence-corrected chi connectivity index (χ4v) is 4.75. The number of hydrogen-bond acceptors (Lipinski definition) is 7. The van der Waals surface area contributed by atoms with Gasteiger partial charge in [-0.3, -0.25) is 4.79 Å². The van der Waals surface area contributed by atoms with Gasteiger partial charge in [-0.2, -0.15) is 0 Å². The van der Waals surface area contributed by atoms with Gasteiger partial charge in [0.1, 0.15) is 5.75 Å². The Hall–Kier alpha value is -2.16. The number of carbonyl (C=O) groups excluding carboxylic acids is 1. The van der Waals surface area contributed by atoms with E-state index in [1.165, 1.54) is 0 Å². The van der Waals surface area contributed by atoms with Crippen LogP contribution in [0.4, 0.5) is 0 Å². The van der Waals surface area contributed by atoms with Gasteiger partial charge in [0.05, 0.1) is 24.8 Å². The summed E-state index contributed by atoms with van der Waals surface area (Å²) in [5.74, 6) is 1.44. The average molecular weight is 445 g/mol. The second kappa shape index (κ2) is 11.5. The number of aryl methyl sites for hydroxylation is 2. The number of rotatable bonds is 9. The van der Waals surface area contributed by atoms with Crippen molar-refractivity contribution in [1.29, 1.82) is 0 Å². The first kappa shape index (κ1) is 23.5. The van der Waals surface area contributed by atoms with E-state index in [4.69, 9.17) is 9.47 Å². The van der Waals surface area contributed by atoms with Gasteiger partial charge < -0.3 is 19.7 Å². The van der Waals surface area contributed by atoms with E-state index < -0.39 is 0 Å². The number of thioether (sulfide) groups is 1. The summed E-state index contributed by atoms with van der Waals surface area (Å²) in [4.78, 5) is 24.1. The third-order valence-electron chi connectivity index (χ3n) is 5.43. The van der Waals surface area contributed by atoms with Crippen LogP contribution in [0.2, 0.25) is 0 Å². The zero-order valence-corrected chi connectivity index (χ0v) is 19.6. The van der Waals surface area contributed by atoms with Gasteiger partial charge >= 0.3 is 0 Å². The molecule has 3 rings (SSSR count). The van der Waals surface area contributed by atoms with Gasteiger partial charge in [0.2, 0.25) is 0 Å². The van der Waals surface area contributed by atoms with Crippen molar-refractivity contribution in [3.05, 3.63) is 47.3 Å². The number of aromatic nitrogens is 2. The third-order valence-corrected chi connectivity index (χ3v) is 6.36. The zero-order valence-electron chi connectivity index (χ0n) is 18.8. The lowest BCUT2D eigenvalue weighted by Gasteiger charge is -2.38. The van der Waals surface area contributed by atoms with Crippen molar-refractivity contribution in [2.45, 2.75) is 44.0 Å². The van der Waals surface area contributed by atoms with Crippen molar-refractivity contribution >= 4 is 17.7 Å². The molecule has 7 nitrogen and oxygen atoms in total. The van der Waals surface area contributed by atoms with Crippen LogP contribution in [-0.2, 0) is 4.74 Å². The number of piperidine rings is 1. The number of hydrogen-bond donors (Lipinski definition) is 1. The molecule has 2 heterocycles. The summed E-state index contributed by atoms with van der Waals surface area (Å²) in [7, 11) is 3.29. The van der Waals surface area contributed by atoms with Gasteiger partial charge in [0.15, 0.2) is 5.16 Å². The van der Waals surface area contributed by atoms with Crippen LogP contribution in [0.25, 0.3) is 0 Å². The van der Waals surface area contributed by atoms with Crippen molar-refractivity contribution in [2.75, 3.05) is 39.6 Å². The molecule has 168 valence electrons. The van der Waals surface area contributed by atoms with Crippen LogP contribution in [0.5, 0.6) is 5.75 Å². The first-order chi connectivity index (χ1) is 15.0. The van der Waals surface area contributed by atoms with E-state index in [1.807, 2.05) is 32.0 Å². The van der Waals surface area contributed by atoms with Crippen LogP contribution < -0.4 is 10.1 Å². The molecule has 2 unspecified atom stereocenters. The van der Waals surface area contributed by atoms with Crippen LogP contribution in [0.1, 0.15) is 34.6 Å². The molecule has 1 N–H and O–H groups in total. The van der Waals surface area contributed by atoms with Gasteiger partial charge in [0.25, 0.3) is 5.91 Å². The summed E-state index contributed by atoms with van der Waals surface area (Å²) in [6.45, 7) is 6.73. The topological polar surface area (TPSA) is 76.6 Å². The quantitative estimate of drug-likeness (QED) is 0.362. The van der Waals surface area contributed by atoms with Gasteiger partial charge in [-0.1, -0.05) is 23.9 Å². The number of para-hydroxylation sites is 1. The molecule has 0 saturated carbocycles. The first-order valence-electron chi connectivity index (χ1n) is 10.6. The molecule has 0 aliphatic carbocycles. The minimum absolute atomic E-state index is 0.0169. The number of methoxy groups -OCH3 is 2. The molecule has 1 aliphatic rings. The molecule has 1 amide bonds. The second-order valence-electron chi connectivity index (χ2n) is 7.78. The molecule has 1 fully saturated rings. The summed E-state index contributed by atoms with van der Waals surface area (Å²) in [6.07, 6.45) is 1.87. The van der Waals surface area contributed by atoms with E-state index in [2.05, 4.69) is 20.2 Å². The number of carbonyl (C=O) groups is 1. The number of likely N-dealkylation sites (tertiary alicyclic amines) is 1.